The first kappa shape index (κ1) is 15.0. The van der Waals surface area contributed by atoms with Gasteiger partial charge in [-0.05, 0) is 35.0 Å². The maximum atomic E-state index is 12.4. The number of carbonyl (C=O) groups is 1. The number of hydrogen-bond donors (Lipinski definition) is 0. The van der Waals surface area contributed by atoms with Gasteiger partial charge in [-0.2, -0.15) is 5.26 Å². The minimum atomic E-state index is -0.398. The molecule has 4 aromatic rings. The van der Waals surface area contributed by atoms with Crippen molar-refractivity contribution in [3.8, 4) is 6.07 Å². The van der Waals surface area contributed by atoms with E-state index >= 15 is 0 Å². The van der Waals surface area contributed by atoms with Crippen molar-refractivity contribution in [2.75, 3.05) is 0 Å². The standard InChI is InChI=1S/C21H14N2O2/c22-12-19-18(13-23-10-4-3-7-20(19)23)14-25-21(24)17-9-8-15-5-1-2-6-16(15)11-17/h1-11,13H,14H2. The lowest BCUT2D eigenvalue weighted by atomic mass is 10.1. The minimum absolute atomic E-state index is 0.0657. The number of benzene rings is 2. The molecule has 0 spiro atoms. The van der Waals surface area contributed by atoms with E-state index in [9.17, 15) is 10.1 Å². The largest absolute Gasteiger partial charge is 0.457 e. The molecular weight excluding hydrogens is 312 g/mol. The highest BCUT2D eigenvalue weighted by Gasteiger charge is 2.13. The van der Waals surface area contributed by atoms with Crippen LogP contribution in [0.1, 0.15) is 21.5 Å². The van der Waals surface area contributed by atoms with Crippen LogP contribution < -0.4 is 0 Å². The summed E-state index contributed by atoms with van der Waals surface area (Å²) < 4.78 is 7.29. The summed E-state index contributed by atoms with van der Waals surface area (Å²) in [5.74, 6) is -0.398. The molecule has 25 heavy (non-hydrogen) atoms. The number of ether oxygens (including phenoxy) is 1. The summed E-state index contributed by atoms with van der Waals surface area (Å²) in [5.41, 5.74) is 2.54. The van der Waals surface area contributed by atoms with Gasteiger partial charge >= 0.3 is 5.97 Å². The van der Waals surface area contributed by atoms with Gasteiger partial charge in [0, 0.05) is 18.0 Å². The lowest BCUT2D eigenvalue weighted by Crippen LogP contribution is -2.05. The zero-order chi connectivity index (χ0) is 17.2. The van der Waals surface area contributed by atoms with Crippen molar-refractivity contribution in [2.45, 2.75) is 6.61 Å². The van der Waals surface area contributed by atoms with Gasteiger partial charge in [0.05, 0.1) is 16.6 Å². The summed E-state index contributed by atoms with van der Waals surface area (Å²) >= 11 is 0. The fourth-order valence-electron chi connectivity index (χ4n) is 2.96. The lowest BCUT2D eigenvalue weighted by Gasteiger charge is -2.05. The van der Waals surface area contributed by atoms with E-state index in [2.05, 4.69) is 6.07 Å². The molecule has 2 aromatic heterocycles. The molecular formula is C21H14N2O2. The Morgan fingerprint density at radius 3 is 2.68 bits per heavy atom. The highest BCUT2D eigenvalue weighted by atomic mass is 16.5. The van der Waals surface area contributed by atoms with Crippen LogP contribution in [0.15, 0.2) is 73.1 Å². The first-order chi connectivity index (χ1) is 12.3. The van der Waals surface area contributed by atoms with Gasteiger partial charge in [-0.3, -0.25) is 0 Å². The van der Waals surface area contributed by atoms with Crippen LogP contribution in [0.5, 0.6) is 0 Å². The van der Waals surface area contributed by atoms with Gasteiger partial charge in [-0.1, -0.05) is 36.4 Å². The van der Waals surface area contributed by atoms with E-state index in [0.29, 0.717) is 16.7 Å². The minimum Gasteiger partial charge on any atom is -0.457 e. The van der Waals surface area contributed by atoms with E-state index in [1.54, 1.807) is 6.07 Å². The van der Waals surface area contributed by atoms with Gasteiger partial charge in [0.1, 0.15) is 12.7 Å². The number of fused-ring (bicyclic) bond motifs is 2. The Kier molecular flexibility index (Phi) is 3.68. The van der Waals surface area contributed by atoms with Crippen molar-refractivity contribution >= 4 is 22.3 Å². The molecule has 120 valence electrons. The van der Waals surface area contributed by atoms with E-state index in [-0.39, 0.29) is 6.61 Å². The molecule has 0 aliphatic rings. The van der Waals surface area contributed by atoms with Crippen LogP contribution in [0.4, 0.5) is 0 Å². The topological polar surface area (TPSA) is 54.5 Å². The first-order valence-corrected chi connectivity index (χ1v) is 7.91. The second kappa shape index (κ2) is 6.14. The summed E-state index contributed by atoms with van der Waals surface area (Å²) in [6, 6.07) is 21.2. The molecule has 4 rings (SSSR count). The predicted molar refractivity (Wildman–Crippen MR) is 95.2 cm³/mol. The third kappa shape index (κ3) is 2.73. The number of hydrogen-bond acceptors (Lipinski definition) is 3. The SMILES string of the molecule is N#Cc1c(COC(=O)c2ccc3ccccc3c2)cn2ccccc12. The summed E-state index contributed by atoms with van der Waals surface area (Å²) in [6.45, 7) is 0.0657. The molecule has 0 N–H and O–H groups in total. The number of nitriles is 1. The van der Waals surface area contributed by atoms with Gasteiger partial charge in [-0.25, -0.2) is 4.79 Å². The maximum Gasteiger partial charge on any atom is 0.338 e. The quantitative estimate of drug-likeness (QED) is 0.527. The number of pyridine rings is 1. The number of rotatable bonds is 3. The molecule has 0 fully saturated rings. The highest BCUT2D eigenvalue weighted by molar-refractivity contribution is 5.95. The van der Waals surface area contributed by atoms with Gasteiger partial charge in [0.2, 0.25) is 0 Å². The van der Waals surface area contributed by atoms with Crippen LogP contribution in [0.25, 0.3) is 16.3 Å². The number of esters is 1. The van der Waals surface area contributed by atoms with Crippen molar-refractivity contribution in [1.29, 1.82) is 5.26 Å². The smallest absolute Gasteiger partial charge is 0.338 e. The van der Waals surface area contributed by atoms with Crippen LogP contribution in [0.3, 0.4) is 0 Å². The molecule has 2 aromatic carbocycles. The fourth-order valence-corrected chi connectivity index (χ4v) is 2.96. The first-order valence-electron chi connectivity index (χ1n) is 7.91. The number of nitrogens with zero attached hydrogens (tertiary/aromatic N) is 2. The van der Waals surface area contributed by atoms with Crippen molar-refractivity contribution < 1.29 is 9.53 Å². The van der Waals surface area contributed by atoms with Gasteiger partial charge in [0.15, 0.2) is 0 Å². The molecule has 2 heterocycles. The second-order valence-electron chi connectivity index (χ2n) is 5.77. The molecule has 0 radical (unpaired) electrons. The molecule has 0 saturated carbocycles. The fraction of sp³-hybridized carbons (Fsp3) is 0.0476. The number of aromatic nitrogens is 1. The zero-order valence-electron chi connectivity index (χ0n) is 13.3. The average molecular weight is 326 g/mol. The van der Waals surface area contributed by atoms with Gasteiger partial charge < -0.3 is 9.14 Å². The normalized spacial score (nSPS) is 10.7. The van der Waals surface area contributed by atoms with Crippen LogP contribution in [-0.4, -0.2) is 10.4 Å². The zero-order valence-corrected chi connectivity index (χ0v) is 13.3. The number of carbonyl (C=O) groups excluding carboxylic acids is 1. The van der Waals surface area contributed by atoms with Crippen molar-refractivity contribution in [2.24, 2.45) is 0 Å². The molecule has 4 heteroatoms. The molecule has 4 nitrogen and oxygen atoms in total. The molecule has 0 atom stereocenters. The third-order valence-electron chi connectivity index (χ3n) is 4.22. The Labute approximate surface area is 144 Å². The summed E-state index contributed by atoms with van der Waals surface area (Å²) in [6.07, 6.45) is 3.69. The summed E-state index contributed by atoms with van der Waals surface area (Å²) in [4.78, 5) is 12.4. The van der Waals surface area contributed by atoms with E-state index < -0.39 is 5.97 Å². The molecule has 0 saturated heterocycles. The third-order valence-corrected chi connectivity index (χ3v) is 4.22. The average Bonchev–Trinajstić information content (AvgIpc) is 3.03. The van der Waals surface area contributed by atoms with Crippen LogP contribution in [0, 0.1) is 11.3 Å². The van der Waals surface area contributed by atoms with Crippen molar-refractivity contribution in [1.82, 2.24) is 4.40 Å². The second-order valence-corrected chi connectivity index (χ2v) is 5.77. The van der Waals surface area contributed by atoms with E-state index in [4.69, 9.17) is 4.74 Å². The van der Waals surface area contributed by atoms with Gasteiger partial charge in [-0.15, -0.1) is 0 Å². The lowest BCUT2D eigenvalue weighted by molar-refractivity contribution is 0.0473. The van der Waals surface area contributed by atoms with E-state index in [1.807, 2.05) is 71.4 Å². The molecule has 0 aliphatic carbocycles. The Hall–Kier alpha value is -3.58. The highest BCUT2D eigenvalue weighted by Crippen LogP contribution is 2.20. The van der Waals surface area contributed by atoms with Crippen LogP contribution in [-0.2, 0) is 11.3 Å². The Bertz CT molecular complexity index is 1140. The molecule has 0 bridgehead atoms. The molecule has 0 unspecified atom stereocenters. The van der Waals surface area contributed by atoms with Crippen molar-refractivity contribution in [3.05, 3.63) is 89.7 Å². The molecule has 0 aliphatic heterocycles. The Morgan fingerprint density at radius 1 is 1.04 bits per heavy atom. The maximum absolute atomic E-state index is 12.4. The Morgan fingerprint density at radius 2 is 1.84 bits per heavy atom. The van der Waals surface area contributed by atoms with Gasteiger partial charge in [0.25, 0.3) is 0 Å². The monoisotopic (exact) mass is 326 g/mol. The molecule has 0 amide bonds. The summed E-state index contributed by atoms with van der Waals surface area (Å²) in [7, 11) is 0. The Balaban J connectivity index is 1.58. The predicted octanol–water partition coefficient (Wildman–Crippen LogP) is 4.32. The van der Waals surface area contributed by atoms with Crippen LogP contribution >= 0.6 is 0 Å². The summed E-state index contributed by atoms with van der Waals surface area (Å²) in [5, 5.41) is 11.5. The van der Waals surface area contributed by atoms with Crippen molar-refractivity contribution in [3.63, 3.8) is 0 Å². The van der Waals surface area contributed by atoms with Crippen LogP contribution in [0.2, 0.25) is 0 Å². The van der Waals surface area contributed by atoms with E-state index in [0.717, 1.165) is 16.3 Å². The van der Waals surface area contributed by atoms with E-state index in [1.165, 1.54) is 0 Å².